The van der Waals surface area contributed by atoms with Crippen molar-refractivity contribution in [2.75, 3.05) is 5.32 Å². The number of nitrogens with one attached hydrogen (secondary N) is 1. The predicted octanol–water partition coefficient (Wildman–Crippen LogP) is 4.47. The number of anilines is 2. The van der Waals surface area contributed by atoms with E-state index in [2.05, 4.69) is 10.3 Å². The molecule has 0 saturated heterocycles. The fourth-order valence-electron chi connectivity index (χ4n) is 2.81. The molecule has 1 aliphatic carbocycles. The van der Waals surface area contributed by atoms with Crippen LogP contribution in [-0.2, 0) is 0 Å². The monoisotopic (exact) mass is 295 g/mol. The summed E-state index contributed by atoms with van der Waals surface area (Å²) in [6.07, 6.45) is 6.30. The van der Waals surface area contributed by atoms with Crippen LogP contribution in [0, 0.1) is 24.4 Å². The van der Waals surface area contributed by atoms with Crippen molar-refractivity contribution in [3.63, 3.8) is 0 Å². The van der Waals surface area contributed by atoms with E-state index >= 15 is 0 Å². The minimum atomic E-state index is -1.20. The molecular formula is C15H16F3N3. The van der Waals surface area contributed by atoms with Gasteiger partial charge in [0.25, 0.3) is 0 Å². The summed E-state index contributed by atoms with van der Waals surface area (Å²) < 4.78 is 41.9. The normalized spacial score (nSPS) is 15.6. The van der Waals surface area contributed by atoms with Crippen molar-refractivity contribution < 1.29 is 13.2 Å². The summed E-state index contributed by atoms with van der Waals surface area (Å²) in [5.74, 6) is -2.67. The summed E-state index contributed by atoms with van der Waals surface area (Å²) >= 11 is 0. The molecule has 0 spiro atoms. The molecule has 1 aliphatic rings. The highest BCUT2D eigenvalue weighted by Crippen LogP contribution is 2.33. The Balaban J connectivity index is 1.93. The lowest BCUT2D eigenvalue weighted by atomic mass is 10.2. The zero-order valence-electron chi connectivity index (χ0n) is 11.7. The van der Waals surface area contributed by atoms with E-state index in [9.17, 15) is 13.2 Å². The smallest absolute Gasteiger partial charge is 0.207 e. The summed E-state index contributed by atoms with van der Waals surface area (Å²) in [5, 5.41) is 2.78. The van der Waals surface area contributed by atoms with Crippen molar-refractivity contribution in [3.8, 4) is 0 Å². The minimum absolute atomic E-state index is 0.112. The van der Waals surface area contributed by atoms with E-state index in [0.717, 1.165) is 37.4 Å². The third-order valence-electron chi connectivity index (χ3n) is 3.83. The molecule has 3 rings (SSSR count). The molecule has 0 aliphatic heterocycles. The second-order valence-corrected chi connectivity index (χ2v) is 5.42. The van der Waals surface area contributed by atoms with Gasteiger partial charge in [0.2, 0.25) is 5.95 Å². The Morgan fingerprint density at radius 1 is 1.10 bits per heavy atom. The summed E-state index contributed by atoms with van der Waals surface area (Å²) in [5.41, 5.74) is 0.686. The molecule has 0 amide bonds. The van der Waals surface area contributed by atoms with Gasteiger partial charge in [0.15, 0.2) is 11.6 Å². The van der Waals surface area contributed by atoms with Crippen LogP contribution in [0.5, 0.6) is 0 Å². The van der Waals surface area contributed by atoms with Gasteiger partial charge >= 0.3 is 0 Å². The summed E-state index contributed by atoms with van der Waals surface area (Å²) in [6, 6.07) is 1.67. The third kappa shape index (κ3) is 2.75. The van der Waals surface area contributed by atoms with Gasteiger partial charge in [0.05, 0.1) is 11.4 Å². The van der Waals surface area contributed by atoms with E-state index in [4.69, 9.17) is 0 Å². The molecule has 1 saturated carbocycles. The maximum Gasteiger partial charge on any atom is 0.207 e. The molecule has 6 heteroatoms. The van der Waals surface area contributed by atoms with E-state index in [1.165, 1.54) is 0 Å². The number of aryl methyl sites for hydroxylation is 1. The van der Waals surface area contributed by atoms with Crippen LogP contribution in [0.4, 0.5) is 24.8 Å². The van der Waals surface area contributed by atoms with E-state index in [-0.39, 0.29) is 5.69 Å². The minimum Gasteiger partial charge on any atom is -0.323 e. The van der Waals surface area contributed by atoms with Crippen LogP contribution < -0.4 is 5.32 Å². The van der Waals surface area contributed by atoms with Gasteiger partial charge in [-0.25, -0.2) is 18.2 Å². The summed E-state index contributed by atoms with van der Waals surface area (Å²) in [7, 11) is 0. The van der Waals surface area contributed by atoms with Gasteiger partial charge in [-0.15, -0.1) is 0 Å². The molecule has 0 bridgehead atoms. The average Bonchev–Trinajstić information content (AvgIpc) is 3.05. The molecule has 112 valence electrons. The average molecular weight is 295 g/mol. The zero-order chi connectivity index (χ0) is 15.0. The van der Waals surface area contributed by atoms with Crippen molar-refractivity contribution in [1.29, 1.82) is 0 Å². The molecule has 1 aromatic heterocycles. The summed E-state index contributed by atoms with van der Waals surface area (Å²) in [6.45, 7) is 1.85. The Hall–Kier alpha value is -1.98. The van der Waals surface area contributed by atoms with E-state index in [1.54, 1.807) is 0 Å². The Morgan fingerprint density at radius 2 is 1.76 bits per heavy atom. The molecule has 0 atom stereocenters. The van der Waals surface area contributed by atoms with Gasteiger partial charge in [0, 0.05) is 24.4 Å². The second kappa shape index (κ2) is 5.42. The van der Waals surface area contributed by atoms with Crippen LogP contribution in [0.1, 0.15) is 37.4 Å². The SMILES string of the molecule is Cc1cn(C2CCCC2)c(Nc2cc(F)c(F)cc2F)n1. The maximum atomic E-state index is 13.7. The third-order valence-corrected chi connectivity index (χ3v) is 3.83. The second-order valence-electron chi connectivity index (χ2n) is 5.42. The molecule has 1 heterocycles. The predicted molar refractivity (Wildman–Crippen MR) is 74.1 cm³/mol. The molecular weight excluding hydrogens is 279 g/mol. The highest BCUT2D eigenvalue weighted by Gasteiger charge is 2.21. The molecule has 1 aromatic carbocycles. The fourth-order valence-corrected chi connectivity index (χ4v) is 2.81. The van der Waals surface area contributed by atoms with Crippen LogP contribution in [0.2, 0.25) is 0 Å². The Kier molecular flexibility index (Phi) is 3.61. The number of imidazole rings is 1. The Bertz CT molecular complexity index is 660. The van der Waals surface area contributed by atoms with Gasteiger partial charge in [-0.05, 0) is 19.8 Å². The first-order chi connectivity index (χ1) is 10.0. The number of hydrogen-bond donors (Lipinski definition) is 1. The van der Waals surface area contributed by atoms with E-state index < -0.39 is 17.5 Å². The highest BCUT2D eigenvalue weighted by atomic mass is 19.2. The first-order valence-electron chi connectivity index (χ1n) is 7.01. The Labute approximate surface area is 120 Å². The molecule has 3 nitrogen and oxygen atoms in total. The molecule has 0 unspecified atom stereocenters. The number of aromatic nitrogens is 2. The van der Waals surface area contributed by atoms with Gasteiger partial charge in [-0.2, -0.15) is 0 Å². The largest absolute Gasteiger partial charge is 0.323 e. The standard InChI is InChI=1S/C15H16F3N3/c1-9-8-21(10-4-2-3-5-10)15(19-9)20-14-7-12(17)11(16)6-13(14)18/h6-8,10H,2-5H2,1H3,(H,19,20). The van der Waals surface area contributed by atoms with Gasteiger partial charge < -0.3 is 9.88 Å². The maximum absolute atomic E-state index is 13.7. The van der Waals surface area contributed by atoms with Gasteiger partial charge in [-0.3, -0.25) is 0 Å². The van der Waals surface area contributed by atoms with Gasteiger partial charge in [-0.1, -0.05) is 12.8 Å². The molecule has 2 aromatic rings. The quantitative estimate of drug-likeness (QED) is 0.847. The lowest BCUT2D eigenvalue weighted by molar-refractivity contribution is 0.496. The number of nitrogens with zero attached hydrogens (tertiary/aromatic N) is 2. The number of benzene rings is 1. The number of halogens is 3. The molecule has 21 heavy (non-hydrogen) atoms. The topological polar surface area (TPSA) is 29.9 Å². The highest BCUT2D eigenvalue weighted by molar-refractivity contribution is 5.55. The van der Waals surface area contributed by atoms with Crippen molar-refractivity contribution in [2.45, 2.75) is 38.6 Å². The number of hydrogen-bond acceptors (Lipinski definition) is 2. The van der Waals surface area contributed by atoms with E-state index in [1.807, 2.05) is 17.7 Å². The first-order valence-corrected chi connectivity index (χ1v) is 7.01. The van der Waals surface area contributed by atoms with Crippen LogP contribution in [-0.4, -0.2) is 9.55 Å². The van der Waals surface area contributed by atoms with Crippen LogP contribution in [0.15, 0.2) is 18.3 Å². The lowest BCUT2D eigenvalue weighted by Crippen LogP contribution is -2.09. The molecule has 1 N–H and O–H groups in total. The molecule has 1 fully saturated rings. The van der Waals surface area contributed by atoms with Crippen molar-refractivity contribution in [1.82, 2.24) is 9.55 Å². The van der Waals surface area contributed by atoms with Crippen LogP contribution >= 0.6 is 0 Å². The fraction of sp³-hybridized carbons (Fsp3) is 0.400. The summed E-state index contributed by atoms with van der Waals surface area (Å²) in [4.78, 5) is 4.31. The van der Waals surface area contributed by atoms with Crippen molar-refractivity contribution in [3.05, 3.63) is 41.5 Å². The van der Waals surface area contributed by atoms with Gasteiger partial charge in [0.1, 0.15) is 5.82 Å². The lowest BCUT2D eigenvalue weighted by Gasteiger charge is -2.16. The molecule has 0 radical (unpaired) electrons. The first kappa shape index (κ1) is 14.0. The van der Waals surface area contributed by atoms with E-state index in [0.29, 0.717) is 18.1 Å². The zero-order valence-corrected chi connectivity index (χ0v) is 11.7. The van der Waals surface area contributed by atoms with Crippen molar-refractivity contribution >= 4 is 11.6 Å². The van der Waals surface area contributed by atoms with Crippen LogP contribution in [0.3, 0.4) is 0 Å². The Morgan fingerprint density at radius 3 is 2.48 bits per heavy atom. The number of rotatable bonds is 3. The van der Waals surface area contributed by atoms with Crippen molar-refractivity contribution in [2.24, 2.45) is 0 Å². The van der Waals surface area contributed by atoms with Crippen LogP contribution in [0.25, 0.3) is 0 Å².